The number of benzene rings is 1. The molecule has 0 bridgehead atoms. The van der Waals surface area contributed by atoms with Crippen molar-refractivity contribution in [2.75, 3.05) is 4.90 Å². The molecule has 1 atom stereocenters. The molecule has 4 rings (SSSR count). The van der Waals surface area contributed by atoms with Gasteiger partial charge in [-0.1, -0.05) is 51.2 Å². The van der Waals surface area contributed by atoms with E-state index in [4.69, 9.17) is 0 Å². The van der Waals surface area contributed by atoms with Crippen LogP contribution in [0.4, 0.5) is 5.13 Å². The number of hydrogen-bond acceptors (Lipinski definition) is 6. The van der Waals surface area contributed by atoms with Crippen molar-refractivity contribution in [3.63, 3.8) is 0 Å². The summed E-state index contributed by atoms with van der Waals surface area (Å²) in [6.45, 7) is 8.13. The van der Waals surface area contributed by atoms with E-state index in [1.165, 1.54) is 21.8 Å². The second-order valence-corrected chi connectivity index (χ2v) is 9.31. The van der Waals surface area contributed by atoms with Gasteiger partial charge in [0.1, 0.15) is 6.04 Å². The molecular formula is C23H23N3O3S. The van der Waals surface area contributed by atoms with Crippen molar-refractivity contribution in [1.29, 1.82) is 0 Å². The first-order valence-corrected chi connectivity index (χ1v) is 10.7. The van der Waals surface area contributed by atoms with Crippen LogP contribution in [0.3, 0.4) is 0 Å². The van der Waals surface area contributed by atoms with Crippen LogP contribution in [-0.2, 0) is 15.0 Å². The molecule has 3 aromatic rings. The second kappa shape index (κ2) is 7.32. The number of nitrogens with zero attached hydrogens (tertiary/aromatic N) is 3. The highest BCUT2D eigenvalue weighted by Crippen LogP contribution is 2.43. The normalized spacial score (nSPS) is 17.3. The molecule has 7 heteroatoms. The van der Waals surface area contributed by atoms with Crippen molar-refractivity contribution in [2.24, 2.45) is 0 Å². The van der Waals surface area contributed by atoms with Crippen LogP contribution >= 0.6 is 11.3 Å². The number of carbonyl (C=O) groups excluding carboxylic acids is 2. The summed E-state index contributed by atoms with van der Waals surface area (Å²) in [6.07, 6.45) is 1.79. The summed E-state index contributed by atoms with van der Waals surface area (Å²) in [7, 11) is 0. The fourth-order valence-corrected chi connectivity index (χ4v) is 4.61. The van der Waals surface area contributed by atoms with E-state index in [2.05, 4.69) is 36.8 Å². The van der Waals surface area contributed by atoms with E-state index in [0.29, 0.717) is 10.8 Å². The van der Waals surface area contributed by atoms with Gasteiger partial charge in [-0.15, -0.1) is 0 Å². The zero-order chi connectivity index (χ0) is 21.6. The highest BCUT2D eigenvalue weighted by molar-refractivity contribution is 7.22. The molecule has 1 aliphatic heterocycles. The molecule has 30 heavy (non-hydrogen) atoms. The number of anilines is 1. The number of hydrogen-bond donors (Lipinski definition) is 1. The molecule has 1 amide bonds. The minimum Gasteiger partial charge on any atom is -0.503 e. The summed E-state index contributed by atoms with van der Waals surface area (Å²) in [4.78, 5) is 36.0. The molecule has 6 nitrogen and oxygen atoms in total. The van der Waals surface area contributed by atoms with Gasteiger partial charge in [0, 0.05) is 12.6 Å². The molecule has 1 N–H and O–H groups in total. The molecule has 0 radical (unpaired) electrons. The maximum absolute atomic E-state index is 13.0. The molecule has 154 valence electrons. The lowest BCUT2D eigenvalue weighted by molar-refractivity contribution is -0.118. The van der Waals surface area contributed by atoms with E-state index in [-0.39, 0.29) is 23.2 Å². The fraction of sp³-hybridized carbons (Fsp3) is 0.304. The van der Waals surface area contributed by atoms with Gasteiger partial charge in [-0.2, -0.15) is 0 Å². The summed E-state index contributed by atoms with van der Waals surface area (Å²) in [5.41, 5.74) is 2.52. The first-order valence-electron chi connectivity index (χ1n) is 9.84. The average Bonchev–Trinajstić information content (AvgIpc) is 3.25. The zero-order valence-electron chi connectivity index (χ0n) is 17.3. The Morgan fingerprint density at radius 1 is 1.23 bits per heavy atom. The fourth-order valence-electron chi connectivity index (χ4n) is 3.58. The van der Waals surface area contributed by atoms with Crippen LogP contribution in [-0.4, -0.2) is 26.8 Å². The monoisotopic (exact) mass is 421 g/mol. The predicted molar refractivity (Wildman–Crippen MR) is 118 cm³/mol. The summed E-state index contributed by atoms with van der Waals surface area (Å²) < 4.78 is 0.944. The smallest absolute Gasteiger partial charge is 0.296 e. The molecular weight excluding hydrogens is 398 g/mol. The lowest BCUT2D eigenvalue weighted by Gasteiger charge is -2.23. The largest absolute Gasteiger partial charge is 0.503 e. The maximum atomic E-state index is 13.0. The van der Waals surface area contributed by atoms with Gasteiger partial charge in [0.05, 0.1) is 21.5 Å². The molecule has 3 heterocycles. The number of ketones is 1. The number of aromatic nitrogens is 2. The number of Topliss-reactive ketones (excluding diaryl/α,β-unsaturated/α-hetero) is 1. The molecule has 2 aromatic heterocycles. The lowest BCUT2D eigenvalue weighted by Crippen LogP contribution is -2.31. The van der Waals surface area contributed by atoms with Crippen LogP contribution < -0.4 is 4.90 Å². The van der Waals surface area contributed by atoms with E-state index in [1.54, 1.807) is 31.3 Å². The molecule has 1 aromatic carbocycles. The van der Waals surface area contributed by atoms with Crippen molar-refractivity contribution in [2.45, 2.75) is 45.6 Å². The van der Waals surface area contributed by atoms with E-state index in [1.807, 2.05) is 12.1 Å². The number of fused-ring (bicyclic) bond motifs is 1. The molecule has 0 aliphatic carbocycles. The third kappa shape index (κ3) is 3.29. The first kappa shape index (κ1) is 20.2. The summed E-state index contributed by atoms with van der Waals surface area (Å²) in [6, 6.07) is 10.6. The number of aliphatic hydroxyl groups is 1. The van der Waals surface area contributed by atoms with Gasteiger partial charge in [-0.05, 0) is 35.2 Å². The van der Waals surface area contributed by atoms with Gasteiger partial charge in [-0.25, -0.2) is 4.98 Å². The molecule has 1 aliphatic rings. The van der Waals surface area contributed by atoms with Crippen LogP contribution in [0, 0.1) is 0 Å². The number of aliphatic hydroxyl groups excluding tert-OH is 1. The summed E-state index contributed by atoms with van der Waals surface area (Å²) >= 11 is 1.37. The van der Waals surface area contributed by atoms with Crippen molar-refractivity contribution < 1.29 is 14.7 Å². The second-order valence-electron chi connectivity index (χ2n) is 8.30. The Kier molecular flexibility index (Phi) is 4.94. The van der Waals surface area contributed by atoms with E-state index < -0.39 is 17.7 Å². The Morgan fingerprint density at radius 3 is 2.63 bits per heavy atom. The van der Waals surface area contributed by atoms with Crippen LogP contribution in [0.5, 0.6) is 0 Å². The average molecular weight is 422 g/mol. The van der Waals surface area contributed by atoms with E-state index in [0.717, 1.165) is 10.2 Å². The van der Waals surface area contributed by atoms with Gasteiger partial charge >= 0.3 is 0 Å². The first-order chi connectivity index (χ1) is 14.2. The van der Waals surface area contributed by atoms with Crippen molar-refractivity contribution in [1.82, 2.24) is 9.97 Å². The van der Waals surface area contributed by atoms with E-state index in [9.17, 15) is 14.7 Å². The van der Waals surface area contributed by atoms with Crippen molar-refractivity contribution >= 4 is 38.4 Å². The Balaban J connectivity index is 1.86. The summed E-state index contributed by atoms with van der Waals surface area (Å²) in [5, 5.41) is 11.0. The third-order valence-electron chi connectivity index (χ3n) is 5.25. The Hall–Kier alpha value is -3.06. The van der Waals surface area contributed by atoms with Crippen molar-refractivity contribution in [3.8, 4) is 0 Å². The maximum Gasteiger partial charge on any atom is 0.296 e. The van der Waals surface area contributed by atoms with Gasteiger partial charge < -0.3 is 5.11 Å². The van der Waals surface area contributed by atoms with Gasteiger partial charge in [0.15, 0.2) is 16.7 Å². The number of rotatable bonds is 4. The number of pyridine rings is 1. The number of thiazole rings is 1. The predicted octanol–water partition coefficient (Wildman–Crippen LogP) is 4.87. The van der Waals surface area contributed by atoms with Gasteiger partial charge in [0.25, 0.3) is 5.91 Å². The Labute approximate surface area is 178 Å². The van der Waals surface area contributed by atoms with Gasteiger partial charge in [-0.3, -0.25) is 19.5 Å². The molecule has 0 saturated carbocycles. The van der Waals surface area contributed by atoms with E-state index >= 15 is 0 Å². The lowest BCUT2D eigenvalue weighted by atomic mass is 9.87. The molecule has 1 unspecified atom stereocenters. The quantitative estimate of drug-likeness (QED) is 0.650. The minimum atomic E-state index is -0.797. The van der Waals surface area contributed by atoms with Crippen LogP contribution in [0.25, 0.3) is 10.2 Å². The summed E-state index contributed by atoms with van der Waals surface area (Å²) in [5.74, 6) is -1.43. The number of carbonyl (C=O) groups is 2. The zero-order valence-corrected chi connectivity index (χ0v) is 18.2. The van der Waals surface area contributed by atoms with Crippen LogP contribution in [0.1, 0.15) is 51.4 Å². The van der Waals surface area contributed by atoms with Crippen LogP contribution in [0.15, 0.2) is 53.9 Å². The Morgan fingerprint density at radius 2 is 2.00 bits per heavy atom. The number of amides is 1. The van der Waals surface area contributed by atoms with Crippen LogP contribution in [0.2, 0.25) is 0 Å². The molecule has 0 spiro atoms. The SMILES string of the molecule is CCC(=O)C1=C(O)C(=O)N(c2nc3ccc(C(C)(C)C)cc3s2)C1c1ccccn1. The standard InChI is InChI=1S/C23H23N3O3S/c1-5-16(27)18-19(15-8-6-7-11-24-15)26(21(29)20(18)28)22-25-14-10-9-13(23(2,3)4)12-17(14)30-22/h6-12,19,28H,5H2,1-4H3. The topological polar surface area (TPSA) is 83.4 Å². The molecule has 0 saturated heterocycles. The highest BCUT2D eigenvalue weighted by Gasteiger charge is 2.45. The van der Waals surface area contributed by atoms with Gasteiger partial charge in [0.2, 0.25) is 0 Å². The molecule has 0 fully saturated rings. The minimum absolute atomic E-state index is 0.0150. The highest BCUT2D eigenvalue weighted by atomic mass is 32.1. The third-order valence-corrected chi connectivity index (χ3v) is 6.26. The Bertz CT molecular complexity index is 1180. The van der Waals surface area contributed by atoms with Crippen molar-refractivity contribution in [3.05, 3.63) is 65.2 Å².